The molecular weight excluding hydrogens is 140 g/mol. The Kier molecular flexibility index (Phi) is 3.72. The van der Waals surface area contributed by atoms with Gasteiger partial charge >= 0.3 is 0 Å². The first-order valence-corrected chi connectivity index (χ1v) is 3.53. The summed E-state index contributed by atoms with van der Waals surface area (Å²) in [6.07, 6.45) is 3.27. The molecule has 0 heterocycles. The van der Waals surface area contributed by atoms with E-state index in [0.29, 0.717) is 5.76 Å². The van der Waals surface area contributed by atoms with Gasteiger partial charge in [-0.25, -0.2) is 0 Å². The molecular formula is C9H16O2. The Balaban J connectivity index is 3.70. The van der Waals surface area contributed by atoms with Crippen LogP contribution in [-0.4, -0.2) is 12.7 Å². The molecule has 0 aromatic rings. The largest absolute Gasteiger partial charge is 0.497 e. The highest BCUT2D eigenvalue weighted by Crippen LogP contribution is 2.07. The fourth-order valence-electron chi connectivity index (χ4n) is 0.382. The molecule has 0 aliphatic carbocycles. The Hall–Kier alpha value is -0.920. The first-order chi connectivity index (χ1) is 4.95. The van der Waals surface area contributed by atoms with Crippen LogP contribution in [0.25, 0.3) is 0 Å². The van der Waals surface area contributed by atoms with Gasteiger partial charge in [-0.1, -0.05) is 6.58 Å². The van der Waals surface area contributed by atoms with Crippen molar-refractivity contribution in [2.24, 2.45) is 0 Å². The van der Waals surface area contributed by atoms with E-state index in [1.54, 1.807) is 19.4 Å². The molecule has 0 radical (unpaired) electrons. The summed E-state index contributed by atoms with van der Waals surface area (Å²) in [5.74, 6) is 0.592. The van der Waals surface area contributed by atoms with E-state index in [9.17, 15) is 0 Å². The number of methoxy groups -OCH3 is 1. The van der Waals surface area contributed by atoms with Crippen molar-refractivity contribution in [2.45, 2.75) is 26.4 Å². The lowest BCUT2D eigenvalue weighted by Gasteiger charge is -2.17. The highest BCUT2D eigenvalue weighted by Gasteiger charge is 2.06. The van der Waals surface area contributed by atoms with Gasteiger partial charge in [0.05, 0.1) is 19.0 Å². The van der Waals surface area contributed by atoms with Gasteiger partial charge in [-0.15, -0.1) is 0 Å². The van der Waals surface area contributed by atoms with Gasteiger partial charge in [0.25, 0.3) is 0 Å². The van der Waals surface area contributed by atoms with E-state index in [-0.39, 0.29) is 5.60 Å². The average molecular weight is 156 g/mol. The molecule has 0 aromatic carbocycles. The minimum atomic E-state index is -0.148. The Morgan fingerprint density at radius 2 is 1.91 bits per heavy atom. The first-order valence-electron chi connectivity index (χ1n) is 3.53. The van der Waals surface area contributed by atoms with Gasteiger partial charge in [-0.05, 0) is 20.8 Å². The monoisotopic (exact) mass is 156 g/mol. The van der Waals surface area contributed by atoms with Crippen LogP contribution in [0.15, 0.2) is 24.7 Å². The number of rotatable bonds is 3. The number of hydrogen-bond donors (Lipinski definition) is 0. The van der Waals surface area contributed by atoms with Crippen molar-refractivity contribution < 1.29 is 9.47 Å². The van der Waals surface area contributed by atoms with Crippen LogP contribution in [-0.2, 0) is 9.47 Å². The molecule has 0 N–H and O–H groups in total. The predicted molar refractivity (Wildman–Crippen MR) is 46.1 cm³/mol. The van der Waals surface area contributed by atoms with E-state index in [1.807, 2.05) is 20.8 Å². The fraction of sp³-hybridized carbons (Fsp3) is 0.556. The quantitative estimate of drug-likeness (QED) is 0.461. The third-order valence-corrected chi connectivity index (χ3v) is 0.938. The molecule has 0 atom stereocenters. The molecule has 0 spiro atoms. The second kappa shape index (κ2) is 4.06. The molecule has 11 heavy (non-hydrogen) atoms. The molecule has 2 heteroatoms. The van der Waals surface area contributed by atoms with Crippen molar-refractivity contribution in [1.82, 2.24) is 0 Å². The molecule has 64 valence electrons. The standard InChI is InChI=1S/C9H16O2/c1-8(10-5)6-7-11-9(2,3)4/h6-7H,1H2,2-5H3. The Morgan fingerprint density at radius 3 is 2.27 bits per heavy atom. The molecule has 0 aliphatic rings. The van der Waals surface area contributed by atoms with Crippen LogP contribution >= 0.6 is 0 Å². The Morgan fingerprint density at radius 1 is 1.36 bits per heavy atom. The zero-order valence-corrected chi connectivity index (χ0v) is 7.68. The Bertz CT molecular complexity index is 151. The maximum Gasteiger partial charge on any atom is 0.114 e. The van der Waals surface area contributed by atoms with Gasteiger partial charge in [0.1, 0.15) is 5.76 Å². The smallest absolute Gasteiger partial charge is 0.114 e. The summed E-state index contributed by atoms with van der Waals surface area (Å²) in [6.45, 7) is 9.54. The highest BCUT2D eigenvalue weighted by atomic mass is 16.5. The lowest BCUT2D eigenvalue weighted by atomic mass is 10.2. The van der Waals surface area contributed by atoms with Crippen molar-refractivity contribution in [3.05, 3.63) is 24.7 Å². The van der Waals surface area contributed by atoms with Crippen molar-refractivity contribution in [3.63, 3.8) is 0 Å². The SMILES string of the molecule is C=C(C=COC(C)(C)C)OC. The van der Waals surface area contributed by atoms with Crippen LogP contribution in [0.1, 0.15) is 20.8 Å². The molecule has 0 bridgehead atoms. The van der Waals surface area contributed by atoms with Gasteiger partial charge in [0.15, 0.2) is 0 Å². The van der Waals surface area contributed by atoms with Crippen molar-refractivity contribution in [2.75, 3.05) is 7.11 Å². The van der Waals surface area contributed by atoms with Crippen LogP contribution in [0, 0.1) is 0 Å². The van der Waals surface area contributed by atoms with Gasteiger partial charge in [0, 0.05) is 6.08 Å². The summed E-state index contributed by atoms with van der Waals surface area (Å²) in [6, 6.07) is 0. The summed E-state index contributed by atoms with van der Waals surface area (Å²) in [4.78, 5) is 0. The van der Waals surface area contributed by atoms with Crippen LogP contribution < -0.4 is 0 Å². The van der Waals surface area contributed by atoms with Gasteiger partial charge in [-0.2, -0.15) is 0 Å². The van der Waals surface area contributed by atoms with E-state index in [2.05, 4.69) is 6.58 Å². The second-order valence-electron chi connectivity index (χ2n) is 3.20. The third kappa shape index (κ3) is 6.97. The molecule has 0 saturated carbocycles. The zero-order chi connectivity index (χ0) is 8.91. The van der Waals surface area contributed by atoms with Crippen LogP contribution in [0.5, 0.6) is 0 Å². The maximum absolute atomic E-state index is 5.28. The molecule has 0 amide bonds. The molecule has 0 unspecified atom stereocenters. The molecule has 0 saturated heterocycles. The number of ether oxygens (including phenoxy) is 2. The number of hydrogen-bond acceptors (Lipinski definition) is 2. The van der Waals surface area contributed by atoms with E-state index in [0.717, 1.165) is 0 Å². The molecule has 0 aliphatic heterocycles. The minimum Gasteiger partial charge on any atom is -0.497 e. The van der Waals surface area contributed by atoms with Crippen LogP contribution in [0.2, 0.25) is 0 Å². The molecule has 0 aromatic heterocycles. The fourth-order valence-corrected chi connectivity index (χ4v) is 0.382. The number of allylic oxidation sites excluding steroid dienone is 1. The van der Waals surface area contributed by atoms with Crippen molar-refractivity contribution in [3.8, 4) is 0 Å². The highest BCUT2D eigenvalue weighted by molar-refractivity contribution is 5.04. The van der Waals surface area contributed by atoms with Gasteiger partial charge in [0.2, 0.25) is 0 Å². The second-order valence-corrected chi connectivity index (χ2v) is 3.20. The maximum atomic E-state index is 5.28. The molecule has 2 nitrogen and oxygen atoms in total. The lowest BCUT2D eigenvalue weighted by molar-refractivity contribution is 0.0760. The first kappa shape index (κ1) is 10.1. The van der Waals surface area contributed by atoms with E-state index >= 15 is 0 Å². The van der Waals surface area contributed by atoms with Gasteiger partial charge < -0.3 is 9.47 Å². The van der Waals surface area contributed by atoms with Crippen LogP contribution in [0.4, 0.5) is 0 Å². The summed E-state index contributed by atoms with van der Waals surface area (Å²) >= 11 is 0. The van der Waals surface area contributed by atoms with E-state index in [1.165, 1.54) is 0 Å². The summed E-state index contributed by atoms with van der Waals surface area (Å²) in [5, 5.41) is 0. The summed E-state index contributed by atoms with van der Waals surface area (Å²) < 4.78 is 10.1. The normalized spacial score (nSPS) is 11.6. The molecule has 0 rings (SSSR count). The topological polar surface area (TPSA) is 18.5 Å². The van der Waals surface area contributed by atoms with Crippen molar-refractivity contribution >= 4 is 0 Å². The average Bonchev–Trinajstić information content (AvgIpc) is 1.85. The minimum absolute atomic E-state index is 0.148. The van der Waals surface area contributed by atoms with Gasteiger partial charge in [-0.3, -0.25) is 0 Å². The summed E-state index contributed by atoms with van der Waals surface area (Å²) in [5.41, 5.74) is -0.148. The van der Waals surface area contributed by atoms with E-state index < -0.39 is 0 Å². The predicted octanol–water partition coefficient (Wildman–Crippen LogP) is 2.48. The Labute approximate surface area is 68.5 Å². The third-order valence-electron chi connectivity index (χ3n) is 0.938. The zero-order valence-electron chi connectivity index (χ0n) is 7.68. The summed E-state index contributed by atoms with van der Waals surface area (Å²) in [7, 11) is 1.57. The van der Waals surface area contributed by atoms with Crippen LogP contribution in [0.3, 0.4) is 0 Å². The van der Waals surface area contributed by atoms with Crippen molar-refractivity contribution in [1.29, 1.82) is 0 Å². The van der Waals surface area contributed by atoms with E-state index in [4.69, 9.17) is 9.47 Å². The lowest BCUT2D eigenvalue weighted by Crippen LogP contribution is -2.15. The molecule has 0 fully saturated rings.